The maximum atomic E-state index is 13.4. The molecule has 0 radical (unpaired) electrons. The Labute approximate surface area is 178 Å². The zero-order chi connectivity index (χ0) is 21.1. The van der Waals surface area contributed by atoms with Crippen molar-refractivity contribution in [3.63, 3.8) is 0 Å². The standard InChI is InChI=1S/C23H25N3O3S/c1-2-25-22(28)19-12-9-16(15-20(19)24-23(25)29)21(27)26-13-5-3-4-7-17(26)10-11-18-8-6-14-30-18/h6,8-12,14-15,17H,2-5,7,13H2,1H3,(H,24,29)/b11-10+. The van der Waals surface area contributed by atoms with Crippen LogP contribution in [0.1, 0.15) is 47.8 Å². The van der Waals surface area contributed by atoms with Crippen LogP contribution >= 0.6 is 11.3 Å². The summed E-state index contributed by atoms with van der Waals surface area (Å²) in [7, 11) is 0. The van der Waals surface area contributed by atoms with E-state index in [2.05, 4.69) is 23.2 Å². The normalized spacial score (nSPS) is 17.5. The number of carbonyl (C=O) groups excluding carboxylic acids is 1. The molecule has 0 bridgehead atoms. The summed E-state index contributed by atoms with van der Waals surface area (Å²) in [5.74, 6) is -0.0693. The topological polar surface area (TPSA) is 75.2 Å². The van der Waals surface area contributed by atoms with E-state index in [0.717, 1.165) is 30.3 Å². The lowest BCUT2D eigenvalue weighted by Crippen LogP contribution is -2.39. The van der Waals surface area contributed by atoms with E-state index in [0.29, 0.717) is 29.6 Å². The number of amides is 1. The van der Waals surface area contributed by atoms with Crippen LogP contribution < -0.4 is 11.2 Å². The molecule has 1 N–H and O–H groups in total. The molecule has 1 atom stereocenters. The van der Waals surface area contributed by atoms with Gasteiger partial charge >= 0.3 is 5.69 Å². The first-order valence-electron chi connectivity index (χ1n) is 10.4. The number of hydrogen-bond acceptors (Lipinski definition) is 4. The number of aromatic amines is 1. The molecule has 1 unspecified atom stereocenters. The Balaban J connectivity index is 1.67. The van der Waals surface area contributed by atoms with Gasteiger partial charge in [0.1, 0.15) is 0 Å². The lowest BCUT2D eigenvalue weighted by molar-refractivity contribution is 0.0719. The molecule has 7 heteroatoms. The molecule has 1 aromatic carbocycles. The van der Waals surface area contributed by atoms with Crippen LogP contribution in [0.5, 0.6) is 0 Å². The Morgan fingerprint density at radius 1 is 1.23 bits per heavy atom. The molecule has 3 aromatic rings. The van der Waals surface area contributed by atoms with Gasteiger partial charge in [-0.1, -0.05) is 25.0 Å². The maximum Gasteiger partial charge on any atom is 0.328 e. The van der Waals surface area contributed by atoms with Crippen LogP contribution in [0.15, 0.2) is 51.4 Å². The summed E-state index contributed by atoms with van der Waals surface area (Å²) in [4.78, 5) is 43.9. The lowest BCUT2D eigenvalue weighted by atomic mass is 10.1. The third-order valence-electron chi connectivity index (χ3n) is 5.63. The molecule has 3 heterocycles. The molecule has 0 saturated carbocycles. The monoisotopic (exact) mass is 423 g/mol. The van der Waals surface area contributed by atoms with Gasteiger partial charge in [-0.25, -0.2) is 4.79 Å². The van der Waals surface area contributed by atoms with E-state index < -0.39 is 5.69 Å². The van der Waals surface area contributed by atoms with Crippen LogP contribution in [0.25, 0.3) is 17.0 Å². The van der Waals surface area contributed by atoms with Gasteiger partial charge in [-0.05, 0) is 55.5 Å². The number of carbonyl (C=O) groups is 1. The number of aromatic nitrogens is 2. The quantitative estimate of drug-likeness (QED) is 0.692. The van der Waals surface area contributed by atoms with Gasteiger partial charge in [-0.3, -0.25) is 14.2 Å². The van der Waals surface area contributed by atoms with E-state index in [1.54, 1.807) is 36.5 Å². The first kappa shape index (κ1) is 20.3. The van der Waals surface area contributed by atoms with Crippen LogP contribution in [-0.2, 0) is 6.54 Å². The number of likely N-dealkylation sites (tertiary alicyclic amines) is 1. The third kappa shape index (κ3) is 4.03. The molecule has 4 rings (SSSR count). The van der Waals surface area contributed by atoms with E-state index in [-0.39, 0.29) is 17.5 Å². The Bertz CT molecular complexity index is 1190. The predicted molar refractivity (Wildman–Crippen MR) is 121 cm³/mol. The van der Waals surface area contributed by atoms with Gasteiger partial charge in [-0.2, -0.15) is 0 Å². The van der Waals surface area contributed by atoms with E-state index in [9.17, 15) is 14.4 Å². The molecule has 0 spiro atoms. The highest BCUT2D eigenvalue weighted by Gasteiger charge is 2.25. The molecule has 1 aliphatic rings. The molecular formula is C23H25N3O3S. The molecule has 1 fully saturated rings. The highest BCUT2D eigenvalue weighted by molar-refractivity contribution is 7.10. The highest BCUT2D eigenvalue weighted by atomic mass is 32.1. The minimum absolute atomic E-state index is 0.0324. The molecule has 30 heavy (non-hydrogen) atoms. The van der Waals surface area contributed by atoms with Gasteiger partial charge in [-0.15, -0.1) is 11.3 Å². The molecule has 1 amide bonds. The van der Waals surface area contributed by atoms with E-state index in [1.165, 1.54) is 4.88 Å². The summed E-state index contributed by atoms with van der Waals surface area (Å²) in [6.45, 7) is 2.75. The predicted octanol–water partition coefficient (Wildman–Crippen LogP) is 3.87. The Kier molecular flexibility index (Phi) is 5.99. The number of fused-ring (bicyclic) bond motifs is 1. The third-order valence-corrected chi connectivity index (χ3v) is 6.47. The summed E-state index contributed by atoms with van der Waals surface area (Å²) in [5.41, 5.74) is 0.109. The average Bonchev–Trinajstić information content (AvgIpc) is 3.16. The summed E-state index contributed by atoms with van der Waals surface area (Å²) in [6, 6.07) is 9.07. The van der Waals surface area contributed by atoms with Crippen molar-refractivity contribution in [1.29, 1.82) is 0 Å². The Morgan fingerprint density at radius 2 is 2.10 bits per heavy atom. The van der Waals surface area contributed by atoms with Gasteiger partial charge in [0.15, 0.2) is 0 Å². The van der Waals surface area contributed by atoms with Crippen molar-refractivity contribution >= 4 is 34.2 Å². The minimum Gasteiger partial charge on any atom is -0.332 e. The van der Waals surface area contributed by atoms with Crippen LogP contribution in [-0.4, -0.2) is 32.9 Å². The summed E-state index contributed by atoms with van der Waals surface area (Å²) in [5, 5.41) is 2.45. The smallest absolute Gasteiger partial charge is 0.328 e. The number of nitrogens with one attached hydrogen (secondary N) is 1. The van der Waals surface area contributed by atoms with Crippen molar-refractivity contribution in [3.05, 3.63) is 73.1 Å². The fourth-order valence-corrected chi connectivity index (χ4v) is 4.65. The largest absolute Gasteiger partial charge is 0.332 e. The van der Waals surface area contributed by atoms with Crippen LogP contribution in [0.2, 0.25) is 0 Å². The minimum atomic E-state index is -0.453. The number of H-pyrrole nitrogens is 1. The molecule has 6 nitrogen and oxygen atoms in total. The first-order valence-corrected chi connectivity index (χ1v) is 11.3. The zero-order valence-corrected chi connectivity index (χ0v) is 17.8. The van der Waals surface area contributed by atoms with Crippen molar-refractivity contribution in [2.45, 2.75) is 45.2 Å². The molecule has 0 aliphatic carbocycles. The van der Waals surface area contributed by atoms with Crippen LogP contribution in [0.4, 0.5) is 0 Å². The summed E-state index contributed by atoms with van der Waals surface area (Å²) >= 11 is 1.67. The van der Waals surface area contributed by atoms with Gasteiger partial charge in [0, 0.05) is 23.5 Å². The molecular weight excluding hydrogens is 398 g/mol. The Hall–Kier alpha value is -2.93. The number of benzene rings is 1. The van der Waals surface area contributed by atoms with Crippen molar-refractivity contribution in [2.24, 2.45) is 0 Å². The van der Waals surface area contributed by atoms with Crippen molar-refractivity contribution in [2.75, 3.05) is 6.54 Å². The number of hydrogen-bond donors (Lipinski definition) is 1. The maximum absolute atomic E-state index is 13.4. The highest BCUT2D eigenvalue weighted by Crippen LogP contribution is 2.23. The lowest BCUT2D eigenvalue weighted by Gasteiger charge is -2.28. The summed E-state index contributed by atoms with van der Waals surface area (Å²) < 4.78 is 1.16. The molecule has 1 saturated heterocycles. The second-order valence-corrected chi connectivity index (χ2v) is 8.51. The molecule has 2 aromatic heterocycles. The van der Waals surface area contributed by atoms with Gasteiger partial charge < -0.3 is 9.88 Å². The number of rotatable bonds is 4. The van der Waals surface area contributed by atoms with Gasteiger partial charge in [0.05, 0.1) is 16.9 Å². The molecule has 1 aliphatic heterocycles. The SMILES string of the molecule is CCn1c(=O)[nH]c2cc(C(=O)N3CCCCCC3/C=C/c3cccs3)ccc2c1=O. The summed E-state index contributed by atoms with van der Waals surface area (Å²) in [6.07, 6.45) is 8.31. The second kappa shape index (κ2) is 8.83. The van der Waals surface area contributed by atoms with E-state index in [1.807, 2.05) is 16.3 Å². The van der Waals surface area contributed by atoms with Crippen LogP contribution in [0, 0.1) is 0 Å². The first-order chi connectivity index (χ1) is 14.6. The second-order valence-electron chi connectivity index (χ2n) is 7.53. The fourth-order valence-electron chi connectivity index (χ4n) is 4.02. The van der Waals surface area contributed by atoms with E-state index in [4.69, 9.17) is 0 Å². The van der Waals surface area contributed by atoms with Gasteiger partial charge in [0.2, 0.25) is 0 Å². The van der Waals surface area contributed by atoms with Crippen molar-refractivity contribution < 1.29 is 4.79 Å². The average molecular weight is 424 g/mol. The van der Waals surface area contributed by atoms with E-state index >= 15 is 0 Å². The van der Waals surface area contributed by atoms with Crippen molar-refractivity contribution in [3.8, 4) is 0 Å². The Morgan fingerprint density at radius 3 is 2.87 bits per heavy atom. The molecule has 156 valence electrons. The van der Waals surface area contributed by atoms with Crippen molar-refractivity contribution in [1.82, 2.24) is 14.5 Å². The zero-order valence-electron chi connectivity index (χ0n) is 17.0. The van der Waals surface area contributed by atoms with Crippen LogP contribution in [0.3, 0.4) is 0 Å². The fraction of sp³-hybridized carbons (Fsp3) is 0.348. The van der Waals surface area contributed by atoms with Gasteiger partial charge in [0.25, 0.3) is 11.5 Å². The number of thiophene rings is 1. The number of nitrogens with zero attached hydrogens (tertiary/aromatic N) is 2.